The van der Waals surface area contributed by atoms with E-state index in [9.17, 15) is 9.59 Å². The summed E-state index contributed by atoms with van der Waals surface area (Å²) in [6, 6.07) is 16.1. The molecule has 4 aromatic rings. The fourth-order valence-corrected chi connectivity index (χ4v) is 6.56. The van der Waals surface area contributed by atoms with Gasteiger partial charge in [-0.3, -0.25) is 29.6 Å². The van der Waals surface area contributed by atoms with Crippen molar-refractivity contribution in [3.63, 3.8) is 0 Å². The number of piperazine rings is 2. The van der Waals surface area contributed by atoms with Crippen molar-refractivity contribution in [2.24, 2.45) is 0 Å². The molecule has 0 spiro atoms. The maximum atomic E-state index is 13.0. The molecule has 0 unspecified atom stereocenters. The van der Waals surface area contributed by atoms with Crippen molar-refractivity contribution in [2.45, 2.75) is 49.1 Å². The van der Waals surface area contributed by atoms with Crippen LogP contribution in [0.3, 0.4) is 0 Å². The third kappa shape index (κ3) is 2.39. The van der Waals surface area contributed by atoms with Gasteiger partial charge < -0.3 is 10.6 Å². The minimum absolute atomic E-state index is 0.00584. The number of aromatic nitrogens is 2. The summed E-state index contributed by atoms with van der Waals surface area (Å²) < 4.78 is 4.34. The second-order valence-corrected chi connectivity index (χ2v) is 10.00. The minimum atomic E-state index is -0.320. The van der Waals surface area contributed by atoms with Crippen LogP contribution in [0, 0.1) is 0 Å². The van der Waals surface area contributed by atoms with Crippen molar-refractivity contribution in [3.05, 3.63) is 72.1 Å². The lowest BCUT2D eigenvalue weighted by Crippen LogP contribution is -2.89. The van der Waals surface area contributed by atoms with Crippen LogP contribution in [0.25, 0.3) is 21.8 Å². The molecule has 2 aromatic carbocycles. The number of carbonyl (C=O) groups is 2. The average Bonchev–Trinajstić information content (AvgIpc) is 3.39. The summed E-state index contributed by atoms with van der Waals surface area (Å²) in [6.45, 7) is 0. The van der Waals surface area contributed by atoms with E-state index in [0.29, 0.717) is 12.8 Å². The summed E-state index contributed by atoms with van der Waals surface area (Å²) in [5, 5.41) is 15.9. The number of nitrogens with zero attached hydrogens (tertiary/aromatic N) is 2. The molecular weight excluding hydrogens is 428 g/mol. The van der Waals surface area contributed by atoms with Crippen LogP contribution in [0.2, 0.25) is 0 Å². The molecule has 0 radical (unpaired) electrons. The SMILES string of the molecule is O=C1N[C@H]2[C@@H]3NC(=O)[C@H]4Cc5cn(c6ccccc56)-n5cc(c6ccccc65)C[C@@H]1N[C@@H]2[C@@H]3N4. The highest BCUT2D eigenvalue weighted by atomic mass is 16.2. The van der Waals surface area contributed by atoms with E-state index in [-0.39, 0.29) is 48.1 Å². The molecule has 1 aliphatic carbocycles. The molecule has 8 rings (SSSR count). The molecule has 170 valence electrons. The maximum absolute atomic E-state index is 13.0. The fraction of sp³-hybridized carbons (Fsp3) is 0.308. The third-order valence-corrected chi connectivity index (χ3v) is 8.22. The van der Waals surface area contributed by atoms with Crippen molar-refractivity contribution in [1.29, 1.82) is 0 Å². The lowest BCUT2D eigenvalue weighted by Gasteiger charge is -2.59. The second-order valence-electron chi connectivity index (χ2n) is 10.00. The van der Waals surface area contributed by atoms with E-state index in [1.54, 1.807) is 0 Å². The number of hydrogen-bond donors (Lipinski definition) is 4. The smallest absolute Gasteiger partial charge is 0.237 e. The number of rotatable bonds is 0. The molecule has 2 amide bonds. The molecule has 5 heterocycles. The van der Waals surface area contributed by atoms with Crippen LogP contribution >= 0.6 is 0 Å². The lowest BCUT2D eigenvalue weighted by atomic mass is 9.70. The number of nitrogens with one attached hydrogen (secondary N) is 4. The number of fused-ring (bicyclic) bond motifs is 14. The second kappa shape index (κ2) is 6.49. The van der Waals surface area contributed by atoms with Gasteiger partial charge >= 0.3 is 0 Å². The summed E-state index contributed by atoms with van der Waals surface area (Å²) >= 11 is 0. The van der Waals surface area contributed by atoms with Crippen LogP contribution in [0.4, 0.5) is 0 Å². The highest BCUT2D eigenvalue weighted by Crippen LogP contribution is 2.33. The maximum Gasteiger partial charge on any atom is 0.237 e. The Balaban J connectivity index is 1.37. The Morgan fingerprint density at radius 3 is 1.53 bits per heavy atom. The Hall–Kier alpha value is -3.62. The summed E-state index contributed by atoms with van der Waals surface area (Å²) in [4.78, 5) is 26.1. The molecule has 2 aromatic heterocycles. The number of carbonyl (C=O) groups excluding carboxylic acids is 2. The van der Waals surface area contributed by atoms with Gasteiger partial charge in [0.25, 0.3) is 0 Å². The summed E-state index contributed by atoms with van der Waals surface area (Å²) in [7, 11) is 0. The van der Waals surface area contributed by atoms with Crippen LogP contribution in [0.5, 0.6) is 0 Å². The first-order valence-corrected chi connectivity index (χ1v) is 12.0. The molecule has 6 atom stereocenters. The van der Waals surface area contributed by atoms with Crippen LogP contribution < -0.4 is 21.3 Å². The van der Waals surface area contributed by atoms with Crippen LogP contribution in [0.1, 0.15) is 11.1 Å². The van der Waals surface area contributed by atoms with Gasteiger partial charge in [-0.25, -0.2) is 0 Å². The van der Waals surface area contributed by atoms with Gasteiger partial charge in [-0.05, 0) is 36.1 Å². The quantitative estimate of drug-likeness (QED) is 0.316. The van der Waals surface area contributed by atoms with Crippen molar-refractivity contribution in [3.8, 4) is 0 Å². The number of amides is 2. The van der Waals surface area contributed by atoms with Gasteiger partial charge in [0.1, 0.15) is 0 Å². The zero-order valence-corrected chi connectivity index (χ0v) is 18.4. The van der Waals surface area contributed by atoms with Crippen molar-refractivity contribution >= 4 is 33.6 Å². The molecule has 8 nitrogen and oxygen atoms in total. The molecule has 1 saturated carbocycles. The summed E-state index contributed by atoms with van der Waals surface area (Å²) in [5.41, 5.74) is 4.45. The zero-order chi connectivity index (χ0) is 22.6. The van der Waals surface area contributed by atoms with Crippen molar-refractivity contribution < 1.29 is 9.59 Å². The highest BCUT2D eigenvalue weighted by molar-refractivity contribution is 5.91. The molecule has 8 bridgehead atoms. The number of hydrogen-bond acceptors (Lipinski definition) is 4. The number of benzene rings is 2. The zero-order valence-electron chi connectivity index (χ0n) is 18.4. The monoisotopic (exact) mass is 452 g/mol. The topological polar surface area (TPSA) is 92.1 Å². The Morgan fingerprint density at radius 2 is 1.06 bits per heavy atom. The summed E-state index contributed by atoms with van der Waals surface area (Å²) in [5.74, 6) is -0.0117. The van der Waals surface area contributed by atoms with Gasteiger partial charge in [0.2, 0.25) is 11.8 Å². The molecular formula is C26H24N6O2. The van der Waals surface area contributed by atoms with E-state index >= 15 is 0 Å². The van der Waals surface area contributed by atoms with Crippen LogP contribution in [0.15, 0.2) is 60.9 Å². The largest absolute Gasteiger partial charge is 0.348 e. The Labute approximate surface area is 195 Å². The highest BCUT2D eigenvalue weighted by Gasteiger charge is 2.58. The van der Waals surface area contributed by atoms with Gasteiger partial charge in [-0.15, -0.1) is 0 Å². The van der Waals surface area contributed by atoms with Gasteiger partial charge in [0, 0.05) is 35.2 Å². The molecule has 3 fully saturated rings. The van der Waals surface area contributed by atoms with Gasteiger partial charge in [0.05, 0.1) is 35.2 Å². The molecule has 4 aliphatic rings. The van der Waals surface area contributed by atoms with Gasteiger partial charge in [0.15, 0.2) is 0 Å². The van der Waals surface area contributed by atoms with Gasteiger partial charge in [-0.1, -0.05) is 36.4 Å². The van der Waals surface area contributed by atoms with Crippen LogP contribution in [-0.2, 0) is 22.4 Å². The Morgan fingerprint density at radius 1 is 0.618 bits per heavy atom. The summed E-state index contributed by atoms with van der Waals surface area (Å²) in [6.07, 6.45) is 5.51. The Kier molecular flexibility index (Phi) is 3.58. The first-order valence-electron chi connectivity index (χ1n) is 12.0. The normalized spacial score (nSPS) is 31.6. The third-order valence-electron chi connectivity index (χ3n) is 8.22. The molecule has 2 saturated heterocycles. The van der Waals surface area contributed by atoms with E-state index in [0.717, 1.165) is 32.9 Å². The van der Waals surface area contributed by atoms with E-state index < -0.39 is 0 Å². The predicted molar refractivity (Wildman–Crippen MR) is 127 cm³/mol. The van der Waals surface area contributed by atoms with E-state index in [2.05, 4.69) is 79.4 Å². The molecule has 8 heteroatoms. The van der Waals surface area contributed by atoms with Gasteiger partial charge in [-0.2, -0.15) is 0 Å². The van der Waals surface area contributed by atoms with Crippen molar-refractivity contribution in [2.75, 3.05) is 0 Å². The molecule has 34 heavy (non-hydrogen) atoms. The predicted octanol–water partition coefficient (Wildman–Crippen LogP) is 0.670. The van der Waals surface area contributed by atoms with Crippen LogP contribution in [-0.4, -0.2) is 57.4 Å². The number of para-hydroxylation sites is 2. The minimum Gasteiger partial charge on any atom is -0.348 e. The molecule has 3 aliphatic heterocycles. The van der Waals surface area contributed by atoms with E-state index in [1.165, 1.54) is 0 Å². The van der Waals surface area contributed by atoms with Crippen molar-refractivity contribution in [1.82, 2.24) is 30.6 Å². The lowest BCUT2D eigenvalue weighted by molar-refractivity contribution is -0.137. The Bertz CT molecular complexity index is 1400. The van der Waals surface area contributed by atoms with E-state index in [4.69, 9.17) is 0 Å². The fourth-order valence-electron chi connectivity index (χ4n) is 6.56. The average molecular weight is 453 g/mol. The standard InChI is InChI=1S/C26H24N6O2/c33-25-17-9-13-11-31(19-7-3-1-5-15(13)19)32-12-14(16-6-2-4-8-20(16)32)10-18-26(34)30-24-22(28-18)21(27-17)23(24)29-25/h1-8,11-12,17-18,21-24,27-28H,9-10H2,(H,29,33)(H,30,34)/t17-,18+,21+,22-,23-,24-/m1/s1. The molecule has 4 N–H and O–H groups in total. The first kappa shape index (κ1) is 18.8. The first-order chi connectivity index (χ1) is 16.7. The van der Waals surface area contributed by atoms with E-state index in [1.807, 2.05) is 12.1 Å².